The molecule has 0 bridgehead atoms. The number of phenols is 1. The summed E-state index contributed by atoms with van der Waals surface area (Å²) < 4.78 is 0. The first-order valence-corrected chi connectivity index (χ1v) is 12.9. The van der Waals surface area contributed by atoms with E-state index in [9.17, 15) is 14.7 Å². The molecule has 1 aromatic heterocycles. The predicted molar refractivity (Wildman–Crippen MR) is 147 cm³/mol. The summed E-state index contributed by atoms with van der Waals surface area (Å²) in [6.45, 7) is 4.53. The number of amides is 2. The third-order valence-electron chi connectivity index (χ3n) is 7.36. The number of nitrogens with zero attached hydrogens (tertiary/aromatic N) is 2. The third kappa shape index (κ3) is 5.26. The number of imidazole rings is 1. The molecule has 0 radical (unpaired) electrons. The number of H-pyrrole nitrogens is 1. The fourth-order valence-corrected chi connectivity index (χ4v) is 5.35. The number of rotatable bonds is 7. The topological polar surface area (TPSA) is 124 Å². The Kier molecular flexibility index (Phi) is 7.15. The van der Waals surface area contributed by atoms with Gasteiger partial charge in [0.05, 0.1) is 17.1 Å². The lowest BCUT2D eigenvalue weighted by Crippen LogP contribution is -2.57. The quantitative estimate of drug-likeness (QED) is 0.304. The van der Waals surface area contributed by atoms with Crippen molar-refractivity contribution in [2.75, 3.05) is 6.54 Å². The van der Waals surface area contributed by atoms with E-state index in [1.807, 2.05) is 62.4 Å². The Morgan fingerprint density at radius 3 is 2.53 bits per heavy atom. The molecule has 5 rings (SSSR count). The van der Waals surface area contributed by atoms with Crippen LogP contribution in [0.2, 0.25) is 0 Å². The van der Waals surface area contributed by atoms with Crippen LogP contribution in [-0.2, 0) is 35.4 Å². The Hall–Kier alpha value is -4.17. The van der Waals surface area contributed by atoms with E-state index in [-0.39, 0.29) is 17.6 Å². The zero-order valence-electron chi connectivity index (χ0n) is 21.7. The van der Waals surface area contributed by atoms with Gasteiger partial charge >= 0.3 is 0 Å². The highest BCUT2D eigenvalue weighted by Crippen LogP contribution is 2.26. The summed E-state index contributed by atoms with van der Waals surface area (Å²) in [5.74, 6) is 0.530. The second-order valence-electron chi connectivity index (χ2n) is 10.1. The van der Waals surface area contributed by atoms with Gasteiger partial charge in [-0.3, -0.25) is 9.59 Å². The van der Waals surface area contributed by atoms with E-state index < -0.39 is 12.1 Å². The summed E-state index contributed by atoms with van der Waals surface area (Å²) in [6.07, 6.45) is 1.31. The van der Waals surface area contributed by atoms with Crippen LogP contribution >= 0.6 is 0 Å². The van der Waals surface area contributed by atoms with Gasteiger partial charge in [0.25, 0.3) is 0 Å². The fourth-order valence-electron chi connectivity index (χ4n) is 5.35. The predicted octanol–water partition coefficient (Wildman–Crippen LogP) is 3.07. The summed E-state index contributed by atoms with van der Waals surface area (Å²) in [5, 5.41) is 12.9. The number of carbonyl (C=O) groups is 2. The number of aromatic hydroxyl groups is 1. The van der Waals surface area contributed by atoms with E-state index in [2.05, 4.69) is 15.3 Å². The molecule has 1 aliphatic rings. The lowest BCUT2D eigenvalue weighted by Gasteiger charge is -2.37. The zero-order chi connectivity index (χ0) is 26.8. The highest BCUT2D eigenvalue weighted by atomic mass is 16.3. The van der Waals surface area contributed by atoms with Crippen molar-refractivity contribution >= 4 is 22.8 Å². The van der Waals surface area contributed by atoms with Gasteiger partial charge in [0.15, 0.2) is 0 Å². The van der Waals surface area contributed by atoms with E-state index in [0.717, 1.165) is 44.7 Å². The van der Waals surface area contributed by atoms with Gasteiger partial charge in [-0.2, -0.15) is 0 Å². The van der Waals surface area contributed by atoms with Crippen molar-refractivity contribution in [3.63, 3.8) is 0 Å². The molecule has 0 aliphatic carbocycles. The Bertz CT molecular complexity index is 1440. The first-order valence-electron chi connectivity index (χ1n) is 12.9. The van der Waals surface area contributed by atoms with Crippen LogP contribution in [0.15, 0.2) is 60.7 Å². The fraction of sp³-hybridized carbons (Fsp3) is 0.300. The lowest BCUT2D eigenvalue weighted by atomic mass is 9.91. The van der Waals surface area contributed by atoms with Crippen molar-refractivity contribution < 1.29 is 14.7 Å². The molecule has 196 valence electrons. The lowest BCUT2D eigenvalue weighted by molar-refractivity contribution is -0.142. The number of benzene rings is 3. The van der Waals surface area contributed by atoms with Crippen molar-refractivity contribution in [2.24, 2.45) is 5.73 Å². The molecular formula is C30H33N5O3. The number of fused-ring (bicyclic) bond motifs is 2. The number of aromatic nitrogens is 2. The van der Waals surface area contributed by atoms with Gasteiger partial charge in [0.2, 0.25) is 11.8 Å². The standard InChI is InChI=1S/C30H33N5O3/c1-18-13-22(36)14-19(2)23(18)16-24(31)30(38)35-17-21-8-4-3-7-20(21)15-27(35)29(37)32-12-11-28-33-25-9-5-6-10-26(25)34-28/h3-10,13-14,24,27,36H,11-12,15-17,31H2,1-2H3,(H,32,37)(H,33,34)/t24-,27-/m0/s1. The van der Waals surface area contributed by atoms with Crippen LogP contribution in [0.1, 0.15) is 33.6 Å². The number of aryl methyl sites for hydroxylation is 2. The van der Waals surface area contributed by atoms with Gasteiger partial charge in [-0.15, -0.1) is 0 Å². The van der Waals surface area contributed by atoms with Gasteiger partial charge in [-0.25, -0.2) is 4.98 Å². The van der Waals surface area contributed by atoms with Gasteiger partial charge in [-0.1, -0.05) is 36.4 Å². The van der Waals surface area contributed by atoms with E-state index in [4.69, 9.17) is 5.73 Å². The molecular weight excluding hydrogens is 478 g/mol. The molecule has 1 aliphatic heterocycles. The van der Waals surface area contributed by atoms with Crippen LogP contribution in [0.4, 0.5) is 0 Å². The van der Waals surface area contributed by atoms with Gasteiger partial charge < -0.3 is 26.0 Å². The Balaban J connectivity index is 1.30. The minimum Gasteiger partial charge on any atom is -0.508 e. The number of hydrogen-bond acceptors (Lipinski definition) is 5. The summed E-state index contributed by atoms with van der Waals surface area (Å²) in [5.41, 5.74) is 13.1. The smallest absolute Gasteiger partial charge is 0.243 e. The number of aromatic amines is 1. The summed E-state index contributed by atoms with van der Waals surface area (Å²) in [6, 6.07) is 17.6. The number of nitrogens with one attached hydrogen (secondary N) is 2. The van der Waals surface area contributed by atoms with Crippen molar-refractivity contribution in [3.8, 4) is 5.75 Å². The summed E-state index contributed by atoms with van der Waals surface area (Å²) in [7, 11) is 0. The minimum absolute atomic E-state index is 0.190. The minimum atomic E-state index is -0.812. The molecule has 38 heavy (non-hydrogen) atoms. The molecule has 8 heteroatoms. The zero-order valence-corrected chi connectivity index (χ0v) is 21.7. The van der Waals surface area contributed by atoms with E-state index in [1.54, 1.807) is 17.0 Å². The van der Waals surface area contributed by atoms with Crippen molar-refractivity contribution in [2.45, 2.75) is 51.7 Å². The van der Waals surface area contributed by atoms with E-state index >= 15 is 0 Å². The molecule has 0 fully saturated rings. The first-order chi connectivity index (χ1) is 18.3. The van der Waals surface area contributed by atoms with Gasteiger partial charge in [-0.05, 0) is 72.4 Å². The van der Waals surface area contributed by atoms with E-state index in [0.29, 0.717) is 32.4 Å². The summed E-state index contributed by atoms with van der Waals surface area (Å²) >= 11 is 0. The molecule has 0 spiro atoms. The van der Waals surface area contributed by atoms with Crippen molar-refractivity contribution in [1.29, 1.82) is 0 Å². The molecule has 0 unspecified atom stereocenters. The Labute approximate surface area is 221 Å². The Morgan fingerprint density at radius 1 is 1.11 bits per heavy atom. The maximum Gasteiger partial charge on any atom is 0.243 e. The highest BCUT2D eigenvalue weighted by Gasteiger charge is 2.36. The summed E-state index contributed by atoms with van der Waals surface area (Å²) in [4.78, 5) is 36.5. The second-order valence-corrected chi connectivity index (χ2v) is 10.1. The normalized spacial score (nSPS) is 15.8. The first kappa shape index (κ1) is 25.5. The maximum atomic E-state index is 13.7. The van der Waals surface area contributed by atoms with E-state index in [1.165, 1.54) is 0 Å². The molecule has 0 saturated heterocycles. The van der Waals surface area contributed by atoms with Crippen LogP contribution in [0, 0.1) is 13.8 Å². The number of hydrogen-bond donors (Lipinski definition) is 4. The largest absolute Gasteiger partial charge is 0.508 e. The van der Waals surface area contributed by atoms with Crippen LogP contribution in [0.3, 0.4) is 0 Å². The van der Waals surface area contributed by atoms with Crippen LogP contribution < -0.4 is 11.1 Å². The van der Waals surface area contributed by atoms with Crippen molar-refractivity contribution in [3.05, 3.63) is 94.3 Å². The second kappa shape index (κ2) is 10.7. The number of carbonyl (C=O) groups excluding carboxylic acids is 2. The molecule has 5 N–H and O–H groups in total. The monoisotopic (exact) mass is 511 g/mol. The molecule has 3 aromatic carbocycles. The average Bonchev–Trinajstić information content (AvgIpc) is 3.32. The third-order valence-corrected chi connectivity index (χ3v) is 7.36. The maximum absolute atomic E-state index is 13.7. The molecule has 2 atom stereocenters. The van der Waals surface area contributed by atoms with Crippen LogP contribution in [0.25, 0.3) is 11.0 Å². The number of para-hydroxylation sites is 2. The van der Waals surface area contributed by atoms with Gasteiger partial charge in [0, 0.05) is 25.9 Å². The van der Waals surface area contributed by atoms with Crippen molar-refractivity contribution in [1.82, 2.24) is 20.2 Å². The molecule has 4 aromatic rings. The van der Waals surface area contributed by atoms with Crippen LogP contribution in [-0.4, -0.2) is 50.4 Å². The average molecular weight is 512 g/mol. The SMILES string of the molecule is Cc1cc(O)cc(C)c1C[C@H](N)C(=O)N1Cc2ccccc2C[C@H]1C(=O)NCCc1nc2ccccc2[nH]1. The number of phenolic OH excluding ortho intramolecular Hbond substituents is 1. The Morgan fingerprint density at radius 2 is 1.79 bits per heavy atom. The molecule has 8 nitrogen and oxygen atoms in total. The molecule has 0 saturated carbocycles. The molecule has 2 heterocycles. The van der Waals surface area contributed by atoms with Gasteiger partial charge in [0.1, 0.15) is 17.6 Å². The molecule has 2 amide bonds. The number of nitrogens with two attached hydrogens (primary N) is 1. The highest BCUT2D eigenvalue weighted by molar-refractivity contribution is 5.90. The van der Waals surface area contributed by atoms with Crippen LogP contribution in [0.5, 0.6) is 5.75 Å².